The van der Waals surface area contributed by atoms with Crippen molar-refractivity contribution < 1.29 is 14.3 Å². The average molecular weight is 244 g/mol. The molecule has 0 aliphatic carbocycles. The molecule has 0 amide bonds. The van der Waals surface area contributed by atoms with Crippen LogP contribution in [0.25, 0.3) is 0 Å². The Morgan fingerprint density at radius 1 is 1.00 bits per heavy atom. The van der Waals surface area contributed by atoms with E-state index in [-0.39, 0.29) is 11.9 Å². The molecule has 0 aliphatic heterocycles. The zero-order valence-electron chi connectivity index (χ0n) is 11.8. The van der Waals surface area contributed by atoms with Crippen LogP contribution >= 0.6 is 0 Å². The van der Waals surface area contributed by atoms with E-state index in [4.69, 9.17) is 9.47 Å². The van der Waals surface area contributed by atoms with Gasteiger partial charge in [0.1, 0.15) is 5.78 Å². The van der Waals surface area contributed by atoms with Crippen LogP contribution in [0.2, 0.25) is 0 Å². The van der Waals surface area contributed by atoms with Gasteiger partial charge in [0, 0.05) is 26.1 Å². The van der Waals surface area contributed by atoms with E-state index >= 15 is 0 Å². The van der Waals surface area contributed by atoms with Crippen LogP contribution in [0.1, 0.15) is 53.4 Å². The number of rotatable bonds is 11. The maximum absolute atomic E-state index is 11.4. The highest BCUT2D eigenvalue weighted by Crippen LogP contribution is 2.01. The Morgan fingerprint density at radius 2 is 1.71 bits per heavy atom. The Kier molecular flexibility index (Phi) is 10.5. The molecule has 102 valence electrons. The van der Waals surface area contributed by atoms with Gasteiger partial charge in [-0.2, -0.15) is 0 Å². The summed E-state index contributed by atoms with van der Waals surface area (Å²) in [5, 5.41) is 0. The number of hydrogen-bond acceptors (Lipinski definition) is 3. The molecule has 0 aromatic heterocycles. The summed E-state index contributed by atoms with van der Waals surface area (Å²) in [6.45, 7) is 10.4. The molecule has 0 aromatic carbocycles. The molecule has 0 aromatic rings. The standard InChI is InChI=1S/C14H28O3/c1-12(2)7-10-16-9-5-6-14(15)8-11-17-13(3)4/h12-13H,5-11H2,1-4H3. The van der Waals surface area contributed by atoms with Crippen LogP contribution in [-0.2, 0) is 14.3 Å². The SMILES string of the molecule is CC(C)CCOCCCC(=O)CCOC(C)C. The summed E-state index contributed by atoms with van der Waals surface area (Å²) in [7, 11) is 0. The maximum atomic E-state index is 11.4. The first-order valence-corrected chi connectivity index (χ1v) is 6.73. The Hall–Kier alpha value is -0.410. The van der Waals surface area contributed by atoms with Gasteiger partial charge in [0.25, 0.3) is 0 Å². The molecule has 0 saturated carbocycles. The molecule has 3 heteroatoms. The fraction of sp³-hybridized carbons (Fsp3) is 0.929. The molecule has 0 saturated heterocycles. The summed E-state index contributed by atoms with van der Waals surface area (Å²) >= 11 is 0. The van der Waals surface area contributed by atoms with Crippen LogP contribution in [-0.4, -0.2) is 31.7 Å². The summed E-state index contributed by atoms with van der Waals surface area (Å²) in [6, 6.07) is 0. The number of ketones is 1. The van der Waals surface area contributed by atoms with Gasteiger partial charge in [-0.1, -0.05) is 13.8 Å². The largest absolute Gasteiger partial charge is 0.381 e. The first-order valence-electron chi connectivity index (χ1n) is 6.73. The number of carbonyl (C=O) groups excluding carboxylic acids is 1. The van der Waals surface area contributed by atoms with E-state index in [0.717, 1.165) is 19.4 Å². The molecule has 0 fully saturated rings. The van der Waals surface area contributed by atoms with E-state index in [0.29, 0.717) is 32.0 Å². The van der Waals surface area contributed by atoms with Gasteiger partial charge in [0.2, 0.25) is 0 Å². The first-order chi connectivity index (χ1) is 8.02. The molecule has 0 unspecified atom stereocenters. The van der Waals surface area contributed by atoms with Crippen LogP contribution < -0.4 is 0 Å². The zero-order chi connectivity index (χ0) is 13.1. The highest BCUT2D eigenvalue weighted by atomic mass is 16.5. The predicted octanol–water partition coefficient (Wildman–Crippen LogP) is 3.21. The van der Waals surface area contributed by atoms with Gasteiger partial charge in [-0.3, -0.25) is 4.79 Å². The van der Waals surface area contributed by atoms with Crippen molar-refractivity contribution in [3.8, 4) is 0 Å². The molecule has 0 rings (SSSR count). The van der Waals surface area contributed by atoms with Crippen LogP contribution in [0.3, 0.4) is 0 Å². The fourth-order valence-electron chi connectivity index (χ4n) is 1.33. The summed E-state index contributed by atoms with van der Waals surface area (Å²) in [5.74, 6) is 0.961. The minimum atomic E-state index is 0.210. The molecule has 17 heavy (non-hydrogen) atoms. The maximum Gasteiger partial charge on any atom is 0.135 e. The van der Waals surface area contributed by atoms with Crippen molar-refractivity contribution in [1.82, 2.24) is 0 Å². The van der Waals surface area contributed by atoms with E-state index < -0.39 is 0 Å². The van der Waals surface area contributed by atoms with Gasteiger partial charge >= 0.3 is 0 Å². The molecule has 0 radical (unpaired) electrons. The van der Waals surface area contributed by atoms with E-state index in [2.05, 4.69) is 13.8 Å². The molecule has 0 N–H and O–H groups in total. The van der Waals surface area contributed by atoms with Gasteiger partial charge < -0.3 is 9.47 Å². The van der Waals surface area contributed by atoms with Crippen molar-refractivity contribution in [3.63, 3.8) is 0 Å². The Morgan fingerprint density at radius 3 is 2.29 bits per heavy atom. The molecule has 0 spiro atoms. The zero-order valence-corrected chi connectivity index (χ0v) is 11.8. The van der Waals surface area contributed by atoms with Crippen LogP contribution in [0.4, 0.5) is 0 Å². The first kappa shape index (κ1) is 16.6. The Bertz CT molecular complexity index is 188. The molecule has 0 atom stereocenters. The van der Waals surface area contributed by atoms with Crippen LogP contribution in [0.5, 0.6) is 0 Å². The van der Waals surface area contributed by atoms with Gasteiger partial charge in [-0.05, 0) is 32.6 Å². The third kappa shape index (κ3) is 13.5. The summed E-state index contributed by atoms with van der Waals surface area (Å²) < 4.78 is 10.8. The number of Topliss-reactive ketones (excluding diaryl/α,β-unsaturated/α-hetero) is 1. The lowest BCUT2D eigenvalue weighted by Gasteiger charge is -2.07. The molecule has 0 heterocycles. The van der Waals surface area contributed by atoms with Gasteiger partial charge in [0.05, 0.1) is 12.7 Å². The number of hydrogen-bond donors (Lipinski definition) is 0. The highest BCUT2D eigenvalue weighted by molar-refractivity contribution is 5.78. The molecule has 3 nitrogen and oxygen atoms in total. The molecule has 0 aliphatic rings. The second-order valence-corrected chi connectivity index (χ2v) is 5.11. The van der Waals surface area contributed by atoms with E-state index in [1.165, 1.54) is 0 Å². The lowest BCUT2D eigenvalue weighted by atomic mass is 10.1. The molecular weight excluding hydrogens is 216 g/mol. The lowest BCUT2D eigenvalue weighted by molar-refractivity contribution is -0.120. The van der Waals surface area contributed by atoms with Crippen LogP contribution in [0.15, 0.2) is 0 Å². The van der Waals surface area contributed by atoms with Crippen molar-refractivity contribution in [2.75, 3.05) is 19.8 Å². The predicted molar refractivity (Wildman–Crippen MR) is 70.2 cm³/mol. The summed E-state index contributed by atoms with van der Waals surface area (Å²) in [4.78, 5) is 11.4. The van der Waals surface area contributed by atoms with E-state index in [1.54, 1.807) is 0 Å². The van der Waals surface area contributed by atoms with Crippen molar-refractivity contribution in [1.29, 1.82) is 0 Å². The highest BCUT2D eigenvalue weighted by Gasteiger charge is 2.03. The summed E-state index contributed by atoms with van der Waals surface area (Å²) in [5.41, 5.74) is 0. The fourth-order valence-corrected chi connectivity index (χ4v) is 1.33. The normalized spacial score (nSPS) is 11.4. The van der Waals surface area contributed by atoms with Crippen molar-refractivity contribution in [2.45, 2.75) is 59.5 Å². The summed E-state index contributed by atoms with van der Waals surface area (Å²) in [6.07, 6.45) is 3.28. The third-order valence-electron chi connectivity index (χ3n) is 2.42. The molecular formula is C14H28O3. The Labute approximate surface area is 106 Å². The van der Waals surface area contributed by atoms with Crippen molar-refractivity contribution in [2.24, 2.45) is 5.92 Å². The topological polar surface area (TPSA) is 35.5 Å². The third-order valence-corrected chi connectivity index (χ3v) is 2.42. The van der Waals surface area contributed by atoms with Crippen molar-refractivity contribution in [3.05, 3.63) is 0 Å². The van der Waals surface area contributed by atoms with E-state index in [1.807, 2.05) is 13.8 Å². The molecule has 0 bridgehead atoms. The van der Waals surface area contributed by atoms with Crippen molar-refractivity contribution >= 4 is 5.78 Å². The monoisotopic (exact) mass is 244 g/mol. The lowest BCUT2D eigenvalue weighted by Crippen LogP contribution is -2.09. The minimum absolute atomic E-state index is 0.210. The minimum Gasteiger partial charge on any atom is -0.381 e. The number of ether oxygens (including phenoxy) is 2. The van der Waals surface area contributed by atoms with E-state index in [9.17, 15) is 4.79 Å². The van der Waals surface area contributed by atoms with Gasteiger partial charge in [-0.25, -0.2) is 0 Å². The van der Waals surface area contributed by atoms with Gasteiger partial charge in [0.15, 0.2) is 0 Å². The van der Waals surface area contributed by atoms with Gasteiger partial charge in [-0.15, -0.1) is 0 Å². The number of carbonyl (C=O) groups is 1. The quantitative estimate of drug-likeness (QED) is 0.523. The smallest absolute Gasteiger partial charge is 0.135 e. The van der Waals surface area contributed by atoms with Crippen LogP contribution in [0, 0.1) is 5.92 Å². The second kappa shape index (κ2) is 10.7. The average Bonchev–Trinajstić information content (AvgIpc) is 2.22. The second-order valence-electron chi connectivity index (χ2n) is 5.11. The Balaban J connectivity index is 3.22.